The summed E-state index contributed by atoms with van der Waals surface area (Å²) in [5.74, 6) is -0.688. The third-order valence-electron chi connectivity index (χ3n) is 5.01. The van der Waals surface area contributed by atoms with Gasteiger partial charge < -0.3 is 5.32 Å². The van der Waals surface area contributed by atoms with Crippen LogP contribution < -0.4 is 10.9 Å². The van der Waals surface area contributed by atoms with Crippen molar-refractivity contribution in [3.05, 3.63) is 52.1 Å². The summed E-state index contributed by atoms with van der Waals surface area (Å²) in [4.78, 5) is 17.2. The van der Waals surface area contributed by atoms with Crippen LogP contribution in [0.1, 0.15) is 43.0 Å². The SMILES string of the molecule is CNc1cc(=O)n(-c2ccc(C#N)cc2)c(C2CCC(C(F)(F)F)CC2)n1. The summed E-state index contributed by atoms with van der Waals surface area (Å²) in [7, 11) is 1.64. The van der Waals surface area contributed by atoms with Crippen LogP contribution in [0.25, 0.3) is 5.69 Å². The molecular formula is C19H19F3N4O. The van der Waals surface area contributed by atoms with Gasteiger partial charge in [0.05, 0.1) is 23.2 Å². The van der Waals surface area contributed by atoms with Gasteiger partial charge in [0.2, 0.25) is 0 Å². The molecule has 1 fully saturated rings. The molecule has 1 aromatic carbocycles. The number of nitriles is 1. The maximum absolute atomic E-state index is 13.0. The van der Waals surface area contributed by atoms with Crippen LogP contribution in [0.15, 0.2) is 35.1 Å². The van der Waals surface area contributed by atoms with Crippen LogP contribution in [0.4, 0.5) is 19.0 Å². The van der Waals surface area contributed by atoms with Crippen LogP contribution in [0.2, 0.25) is 0 Å². The van der Waals surface area contributed by atoms with E-state index in [4.69, 9.17) is 5.26 Å². The largest absolute Gasteiger partial charge is 0.391 e. The minimum Gasteiger partial charge on any atom is -0.373 e. The minimum atomic E-state index is -4.18. The Labute approximate surface area is 154 Å². The fraction of sp³-hybridized carbons (Fsp3) is 0.421. The predicted molar refractivity (Wildman–Crippen MR) is 94.8 cm³/mol. The molecule has 1 heterocycles. The molecule has 142 valence electrons. The lowest BCUT2D eigenvalue weighted by atomic mass is 9.81. The van der Waals surface area contributed by atoms with E-state index in [-0.39, 0.29) is 24.3 Å². The highest BCUT2D eigenvalue weighted by molar-refractivity contribution is 5.42. The van der Waals surface area contributed by atoms with Gasteiger partial charge in [-0.1, -0.05) is 0 Å². The zero-order chi connectivity index (χ0) is 19.6. The van der Waals surface area contributed by atoms with Gasteiger partial charge in [-0.3, -0.25) is 9.36 Å². The average Bonchev–Trinajstić information content (AvgIpc) is 2.67. The van der Waals surface area contributed by atoms with Crippen LogP contribution in [0, 0.1) is 17.2 Å². The molecule has 1 aromatic heterocycles. The molecule has 0 saturated heterocycles. The second-order valence-corrected chi connectivity index (χ2v) is 6.67. The average molecular weight is 376 g/mol. The zero-order valence-electron chi connectivity index (χ0n) is 14.8. The molecule has 1 aliphatic rings. The number of aromatic nitrogens is 2. The Kier molecular flexibility index (Phi) is 5.22. The van der Waals surface area contributed by atoms with Crippen LogP contribution in [-0.2, 0) is 0 Å². The van der Waals surface area contributed by atoms with Crippen molar-refractivity contribution in [2.24, 2.45) is 5.92 Å². The number of benzene rings is 1. The first-order chi connectivity index (χ1) is 12.8. The van der Waals surface area contributed by atoms with Crippen molar-refractivity contribution in [1.29, 1.82) is 5.26 Å². The van der Waals surface area contributed by atoms with Crippen molar-refractivity contribution in [1.82, 2.24) is 9.55 Å². The van der Waals surface area contributed by atoms with Crippen LogP contribution in [0.3, 0.4) is 0 Å². The molecule has 3 rings (SSSR count). The molecule has 0 atom stereocenters. The van der Waals surface area contributed by atoms with Gasteiger partial charge in [0, 0.05) is 19.0 Å². The highest BCUT2D eigenvalue weighted by Crippen LogP contribution is 2.42. The normalized spacial score (nSPS) is 20.1. The van der Waals surface area contributed by atoms with Gasteiger partial charge >= 0.3 is 6.18 Å². The van der Waals surface area contributed by atoms with Crippen molar-refractivity contribution in [3.8, 4) is 11.8 Å². The van der Waals surface area contributed by atoms with E-state index in [2.05, 4.69) is 10.3 Å². The first-order valence-electron chi connectivity index (χ1n) is 8.72. The second-order valence-electron chi connectivity index (χ2n) is 6.67. The number of anilines is 1. The van der Waals surface area contributed by atoms with Gasteiger partial charge in [-0.25, -0.2) is 4.98 Å². The molecular weight excluding hydrogens is 357 g/mol. The topological polar surface area (TPSA) is 70.7 Å². The third-order valence-corrected chi connectivity index (χ3v) is 5.01. The highest BCUT2D eigenvalue weighted by Gasteiger charge is 2.42. The Morgan fingerprint density at radius 1 is 1.19 bits per heavy atom. The first-order valence-corrected chi connectivity index (χ1v) is 8.72. The van der Waals surface area contributed by atoms with E-state index in [1.54, 1.807) is 31.3 Å². The number of nitrogens with one attached hydrogen (secondary N) is 1. The molecule has 0 unspecified atom stereocenters. The fourth-order valence-corrected chi connectivity index (χ4v) is 3.53. The molecule has 1 aliphatic carbocycles. The van der Waals surface area contributed by atoms with Crippen molar-refractivity contribution in [2.45, 2.75) is 37.8 Å². The summed E-state index contributed by atoms with van der Waals surface area (Å²) < 4.78 is 40.3. The summed E-state index contributed by atoms with van der Waals surface area (Å²) in [5, 5.41) is 11.8. The van der Waals surface area contributed by atoms with Crippen LogP contribution in [-0.4, -0.2) is 22.8 Å². The number of hydrogen-bond donors (Lipinski definition) is 1. The molecule has 2 aromatic rings. The number of rotatable bonds is 3. The fourth-order valence-electron chi connectivity index (χ4n) is 3.53. The van der Waals surface area contributed by atoms with Crippen LogP contribution >= 0.6 is 0 Å². The lowest BCUT2D eigenvalue weighted by molar-refractivity contribution is -0.182. The van der Waals surface area contributed by atoms with Gasteiger partial charge in [-0.15, -0.1) is 0 Å². The second kappa shape index (κ2) is 7.43. The number of halogens is 3. The summed E-state index contributed by atoms with van der Waals surface area (Å²) in [6.07, 6.45) is -3.49. The van der Waals surface area contributed by atoms with Crippen molar-refractivity contribution >= 4 is 5.82 Å². The summed E-state index contributed by atoms with van der Waals surface area (Å²) in [5.41, 5.74) is 0.688. The lowest BCUT2D eigenvalue weighted by Gasteiger charge is -2.30. The molecule has 0 amide bonds. The van der Waals surface area contributed by atoms with Gasteiger partial charge in [-0.2, -0.15) is 18.4 Å². The number of alkyl halides is 3. The summed E-state index contributed by atoms with van der Waals surface area (Å²) in [6, 6.07) is 9.85. The molecule has 1 saturated carbocycles. The summed E-state index contributed by atoms with van der Waals surface area (Å²) >= 11 is 0. The van der Waals surface area contributed by atoms with Gasteiger partial charge in [0.1, 0.15) is 11.6 Å². The van der Waals surface area contributed by atoms with Gasteiger partial charge in [0.25, 0.3) is 5.56 Å². The maximum Gasteiger partial charge on any atom is 0.391 e. The van der Waals surface area contributed by atoms with E-state index >= 15 is 0 Å². The van der Waals surface area contributed by atoms with Crippen molar-refractivity contribution < 1.29 is 13.2 Å². The molecule has 5 nitrogen and oxygen atoms in total. The van der Waals surface area contributed by atoms with Gasteiger partial charge in [-0.05, 0) is 49.9 Å². The molecule has 0 radical (unpaired) electrons. The molecule has 8 heteroatoms. The van der Waals surface area contributed by atoms with E-state index in [1.165, 1.54) is 10.6 Å². The van der Waals surface area contributed by atoms with E-state index < -0.39 is 12.1 Å². The van der Waals surface area contributed by atoms with Gasteiger partial charge in [0.15, 0.2) is 0 Å². The highest BCUT2D eigenvalue weighted by atomic mass is 19.4. The first kappa shape index (κ1) is 19.0. The molecule has 1 N–H and O–H groups in total. The number of nitrogens with zero attached hydrogens (tertiary/aromatic N) is 3. The lowest BCUT2D eigenvalue weighted by Crippen LogP contribution is -2.31. The summed E-state index contributed by atoms with van der Waals surface area (Å²) in [6.45, 7) is 0. The third kappa shape index (κ3) is 3.97. The Hall–Kier alpha value is -2.82. The minimum absolute atomic E-state index is 0.0290. The Morgan fingerprint density at radius 3 is 2.33 bits per heavy atom. The molecule has 0 aliphatic heterocycles. The molecule has 0 spiro atoms. The van der Waals surface area contributed by atoms with Crippen LogP contribution in [0.5, 0.6) is 0 Å². The monoisotopic (exact) mass is 376 g/mol. The standard InChI is InChI=1S/C19H19F3N4O/c1-24-16-10-17(27)26(15-8-2-12(11-23)3-9-15)18(25-16)13-4-6-14(7-5-13)19(20,21)22/h2-3,8-10,13-14,24H,4-7H2,1H3. The maximum atomic E-state index is 13.0. The number of hydrogen-bond acceptors (Lipinski definition) is 4. The Balaban J connectivity index is 2.00. The Bertz CT molecular complexity index is 905. The zero-order valence-corrected chi connectivity index (χ0v) is 14.8. The Morgan fingerprint density at radius 2 is 1.81 bits per heavy atom. The van der Waals surface area contributed by atoms with E-state index in [1.807, 2.05) is 6.07 Å². The molecule has 27 heavy (non-hydrogen) atoms. The van der Waals surface area contributed by atoms with E-state index in [9.17, 15) is 18.0 Å². The quantitative estimate of drug-likeness (QED) is 0.880. The predicted octanol–water partition coefficient (Wildman–Crippen LogP) is 3.98. The molecule has 0 bridgehead atoms. The van der Waals surface area contributed by atoms with Crippen molar-refractivity contribution in [3.63, 3.8) is 0 Å². The van der Waals surface area contributed by atoms with Crippen molar-refractivity contribution in [2.75, 3.05) is 12.4 Å². The smallest absolute Gasteiger partial charge is 0.373 e. The van der Waals surface area contributed by atoms with E-state index in [0.717, 1.165) is 0 Å². The van der Waals surface area contributed by atoms with E-state index in [0.29, 0.717) is 35.7 Å².